The van der Waals surface area contributed by atoms with Gasteiger partial charge in [0.15, 0.2) is 0 Å². The van der Waals surface area contributed by atoms with Crippen molar-refractivity contribution in [2.45, 2.75) is 32.9 Å². The van der Waals surface area contributed by atoms with Crippen LogP contribution >= 0.6 is 11.6 Å². The molecule has 8 heteroatoms. The fourth-order valence-corrected chi connectivity index (χ4v) is 3.41. The number of hydrogen-bond acceptors (Lipinski definition) is 5. The third-order valence-corrected chi connectivity index (χ3v) is 5.21. The van der Waals surface area contributed by atoms with Crippen LogP contribution in [0, 0.1) is 6.92 Å². The highest BCUT2D eigenvalue weighted by atomic mass is 35.5. The summed E-state index contributed by atoms with van der Waals surface area (Å²) in [6, 6.07) is 11.3. The highest BCUT2D eigenvalue weighted by Gasteiger charge is 2.18. The summed E-state index contributed by atoms with van der Waals surface area (Å²) in [7, 11) is 0. The largest absolute Gasteiger partial charge is 0.392 e. The zero-order valence-electron chi connectivity index (χ0n) is 17.7. The second-order valence-electron chi connectivity index (χ2n) is 7.54. The Morgan fingerprint density at radius 2 is 2.00 bits per heavy atom. The number of aromatic nitrogens is 2. The molecule has 3 aromatic rings. The van der Waals surface area contributed by atoms with Gasteiger partial charge in [-0.25, -0.2) is 4.98 Å². The van der Waals surface area contributed by atoms with Crippen molar-refractivity contribution < 1.29 is 9.90 Å². The van der Waals surface area contributed by atoms with E-state index in [0.29, 0.717) is 29.5 Å². The average molecular weight is 442 g/mol. The number of anilines is 2. The van der Waals surface area contributed by atoms with Gasteiger partial charge in [-0.1, -0.05) is 35.9 Å². The van der Waals surface area contributed by atoms with E-state index in [9.17, 15) is 9.90 Å². The summed E-state index contributed by atoms with van der Waals surface area (Å²) >= 11 is 6.38. The first-order chi connectivity index (χ1) is 14.8. The first-order valence-corrected chi connectivity index (χ1v) is 10.6. The first-order valence-electron chi connectivity index (χ1n) is 10.2. The van der Waals surface area contributed by atoms with E-state index in [2.05, 4.69) is 15.6 Å². The van der Waals surface area contributed by atoms with Gasteiger partial charge in [0.2, 0.25) is 0 Å². The second-order valence-corrected chi connectivity index (χ2v) is 7.95. The standard InChI is InChI=1S/C23H28ClN5O2/c1-15-8-9-21(28-22(15)25)26-10-5-11-29-13-18(17-6-3-4-7-20(17)24)19(14-29)23(31)27-12-16(2)30/h3-4,6-9,13-14,16,30H,5,10-12H2,1-2H3,(H,27,31)(H3,25,26,28). The van der Waals surface area contributed by atoms with Crippen LogP contribution in [-0.4, -0.2) is 39.8 Å². The molecule has 0 aliphatic heterocycles. The molecule has 3 rings (SSSR count). The fourth-order valence-electron chi connectivity index (χ4n) is 3.17. The summed E-state index contributed by atoms with van der Waals surface area (Å²) in [5.74, 6) is 1.02. The van der Waals surface area contributed by atoms with E-state index in [-0.39, 0.29) is 12.5 Å². The monoisotopic (exact) mass is 441 g/mol. The summed E-state index contributed by atoms with van der Waals surface area (Å²) in [6.07, 6.45) is 3.95. The van der Waals surface area contributed by atoms with Crippen LogP contribution in [0.15, 0.2) is 48.8 Å². The van der Waals surface area contributed by atoms with Crippen LogP contribution in [0.1, 0.15) is 29.3 Å². The summed E-state index contributed by atoms with van der Waals surface area (Å²) < 4.78 is 1.98. The minimum Gasteiger partial charge on any atom is -0.392 e. The van der Waals surface area contributed by atoms with Crippen LogP contribution in [0.4, 0.5) is 11.6 Å². The zero-order valence-corrected chi connectivity index (χ0v) is 18.5. The number of carbonyl (C=O) groups is 1. The molecule has 5 N–H and O–H groups in total. The topological polar surface area (TPSA) is 105 Å². The van der Waals surface area contributed by atoms with Crippen molar-refractivity contribution in [3.05, 3.63) is 64.9 Å². The molecule has 2 aromatic heterocycles. The molecule has 31 heavy (non-hydrogen) atoms. The molecule has 0 aliphatic rings. The number of benzene rings is 1. The number of nitrogens with zero attached hydrogens (tertiary/aromatic N) is 2. The number of nitrogens with two attached hydrogens (primary N) is 1. The number of amides is 1. The lowest BCUT2D eigenvalue weighted by molar-refractivity contribution is 0.0924. The minimum absolute atomic E-state index is 0.183. The van der Waals surface area contributed by atoms with E-state index in [4.69, 9.17) is 17.3 Å². The summed E-state index contributed by atoms with van der Waals surface area (Å²) in [5, 5.41) is 16.1. The number of aliphatic hydroxyl groups excluding tert-OH is 1. The van der Waals surface area contributed by atoms with Crippen LogP contribution in [-0.2, 0) is 6.54 Å². The van der Waals surface area contributed by atoms with E-state index in [0.717, 1.165) is 28.9 Å². The van der Waals surface area contributed by atoms with E-state index in [1.807, 2.05) is 54.2 Å². The molecule has 0 aliphatic carbocycles. The van der Waals surface area contributed by atoms with Crippen molar-refractivity contribution in [3.63, 3.8) is 0 Å². The van der Waals surface area contributed by atoms with Crippen molar-refractivity contribution >= 4 is 29.1 Å². The normalized spacial score (nSPS) is 11.9. The predicted molar refractivity (Wildman–Crippen MR) is 125 cm³/mol. The Labute approximate surface area is 187 Å². The SMILES string of the molecule is Cc1ccc(NCCCn2cc(C(=O)NCC(C)O)c(-c3ccccc3Cl)c2)nc1N. The Bertz CT molecular complexity index is 1050. The van der Waals surface area contributed by atoms with Gasteiger partial charge in [0, 0.05) is 48.2 Å². The van der Waals surface area contributed by atoms with Crippen molar-refractivity contribution in [1.29, 1.82) is 0 Å². The van der Waals surface area contributed by atoms with Gasteiger partial charge in [-0.2, -0.15) is 0 Å². The molecule has 0 radical (unpaired) electrons. The molecule has 1 atom stereocenters. The Kier molecular flexibility index (Phi) is 7.55. The average Bonchev–Trinajstić information content (AvgIpc) is 3.16. The van der Waals surface area contributed by atoms with Crippen molar-refractivity contribution in [1.82, 2.24) is 14.9 Å². The van der Waals surface area contributed by atoms with E-state index in [1.165, 1.54) is 0 Å². The maximum absolute atomic E-state index is 12.7. The lowest BCUT2D eigenvalue weighted by Crippen LogP contribution is -2.30. The number of hydrogen-bond donors (Lipinski definition) is 4. The Hall–Kier alpha value is -3.03. The number of nitrogens with one attached hydrogen (secondary N) is 2. The van der Waals surface area contributed by atoms with Gasteiger partial charge in [-0.3, -0.25) is 4.79 Å². The maximum Gasteiger partial charge on any atom is 0.253 e. The predicted octanol–water partition coefficient (Wildman–Crippen LogP) is 3.71. The van der Waals surface area contributed by atoms with Crippen LogP contribution in [0.3, 0.4) is 0 Å². The third-order valence-electron chi connectivity index (χ3n) is 4.88. The number of pyridine rings is 1. The quantitative estimate of drug-likeness (QED) is 0.379. The molecule has 164 valence electrons. The highest BCUT2D eigenvalue weighted by Crippen LogP contribution is 2.31. The van der Waals surface area contributed by atoms with E-state index >= 15 is 0 Å². The summed E-state index contributed by atoms with van der Waals surface area (Å²) in [5.41, 5.74) is 8.88. The molecule has 1 aromatic carbocycles. The molecule has 1 unspecified atom stereocenters. The van der Waals surface area contributed by atoms with Gasteiger partial charge < -0.3 is 26.0 Å². The van der Waals surface area contributed by atoms with E-state index < -0.39 is 6.10 Å². The fraction of sp³-hybridized carbons (Fsp3) is 0.304. The molecular formula is C23H28ClN5O2. The number of carbonyl (C=O) groups excluding carboxylic acids is 1. The first kappa shape index (κ1) is 22.7. The number of nitrogen functional groups attached to an aromatic ring is 1. The lowest BCUT2D eigenvalue weighted by atomic mass is 10.0. The van der Waals surface area contributed by atoms with Gasteiger partial charge in [-0.05, 0) is 38.0 Å². The molecule has 0 spiro atoms. The second kappa shape index (κ2) is 10.3. The molecule has 0 fully saturated rings. The van der Waals surface area contributed by atoms with Gasteiger partial charge in [0.1, 0.15) is 11.6 Å². The number of aliphatic hydroxyl groups is 1. The number of rotatable bonds is 9. The Morgan fingerprint density at radius 1 is 1.23 bits per heavy atom. The van der Waals surface area contributed by atoms with Crippen molar-refractivity contribution in [2.75, 3.05) is 24.1 Å². The molecule has 0 saturated heterocycles. The van der Waals surface area contributed by atoms with Gasteiger partial charge >= 0.3 is 0 Å². The zero-order chi connectivity index (χ0) is 22.4. The minimum atomic E-state index is -0.620. The smallest absolute Gasteiger partial charge is 0.253 e. The Morgan fingerprint density at radius 3 is 2.71 bits per heavy atom. The van der Waals surface area contributed by atoms with Crippen LogP contribution < -0.4 is 16.4 Å². The number of halogens is 1. The van der Waals surface area contributed by atoms with E-state index in [1.54, 1.807) is 13.0 Å². The molecule has 2 heterocycles. The summed E-state index contributed by atoms with van der Waals surface area (Å²) in [4.78, 5) is 17.0. The highest BCUT2D eigenvalue weighted by molar-refractivity contribution is 6.33. The van der Waals surface area contributed by atoms with Crippen molar-refractivity contribution in [3.8, 4) is 11.1 Å². The summed E-state index contributed by atoms with van der Waals surface area (Å²) in [6.45, 7) is 5.14. The maximum atomic E-state index is 12.7. The van der Waals surface area contributed by atoms with Crippen molar-refractivity contribution in [2.24, 2.45) is 0 Å². The van der Waals surface area contributed by atoms with Crippen LogP contribution in [0.5, 0.6) is 0 Å². The Balaban J connectivity index is 1.71. The molecule has 7 nitrogen and oxygen atoms in total. The molecule has 0 saturated carbocycles. The number of aryl methyl sites for hydroxylation is 2. The van der Waals surface area contributed by atoms with Crippen LogP contribution in [0.2, 0.25) is 5.02 Å². The molecule has 1 amide bonds. The molecular weight excluding hydrogens is 414 g/mol. The van der Waals surface area contributed by atoms with Gasteiger partial charge in [0.25, 0.3) is 5.91 Å². The molecule has 0 bridgehead atoms. The lowest BCUT2D eigenvalue weighted by Gasteiger charge is -2.08. The van der Waals surface area contributed by atoms with Crippen LogP contribution in [0.25, 0.3) is 11.1 Å². The van der Waals surface area contributed by atoms with Gasteiger partial charge in [0.05, 0.1) is 11.7 Å². The van der Waals surface area contributed by atoms with Gasteiger partial charge in [-0.15, -0.1) is 0 Å². The third kappa shape index (κ3) is 5.99.